The minimum atomic E-state index is -0.492. The first kappa shape index (κ1) is 20.7. The Balaban J connectivity index is 2.02. The number of nitriles is 1. The van der Waals surface area contributed by atoms with Gasteiger partial charge in [-0.05, 0) is 43.0 Å². The molecule has 148 valence electrons. The second-order valence-corrected chi connectivity index (χ2v) is 8.05. The summed E-state index contributed by atoms with van der Waals surface area (Å²) in [7, 11) is 1.48. The Bertz CT molecular complexity index is 988. The van der Waals surface area contributed by atoms with Crippen molar-refractivity contribution in [2.24, 2.45) is 0 Å². The van der Waals surface area contributed by atoms with Gasteiger partial charge in [0.15, 0.2) is 0 Å². The van der Waals surface area contributed by atoms with Crippen LogP contribution < -0.4 is 10.2 Å². The first-order valence-corrected chi connectivity index (χ1v) is 10.4. The number of likely N-dealkylation sites (N-methyl/N-ethyl adjacent to an activating group) is 1. The van der Waals surface area contributed by atoms with E-state index in [9.17, 15) is 14.9 Å². The van der Waals surface area contributed by atoms with Gasteiger partial charge in [0.25, 0.3) is 5.91 Å². The van der Waals surface area contributed by atoms with Crippen molar-refractivity contribution >= 4 is 29.3 Å². The number of carbonyl (C=O) groups is 2. The van der Waals surface area contributed by atoms with Crippen molar-refractivity contribution in [1.82, 2.24) is 5.32 Å². The zero-order chi connectivity index (χ0) is 21.0. The van der Waals surface area contributed by atoms with Crippen molar-refractivity contribution in [1.29, 1.82) is 5.26 Å². The molecular formula is C23H23N3O2S. The molecule has 1 saturated heterocycles. The van der Waals surface area contributed by atoms with Crippen LogP contribution in [-0.4, -0.2) is 24.1 Å². The molecule has 2 aromatic carbocycles. The quantitative estimate of drug-likeness (QED) is 0.608. The number of thioether (sulfide) groups is 1. The third kappa shape index (κ3) is 4.36. The van der Waals surface area contributed by atoms with E-state index in [1.165, 1.54) is 23.7 Å². The van der Waals surface area contributed by atoms with Gasteiger partial charge in [-0.15, -0.1) is 0 Å². The molecule has 1 N–H and O–H groups in total. The number of carbonyl (C=O) groups excluding carboxylic acids is 2. The summed E-state index contributed by atoms with van der Waals surface area (Å²) in [5.74, 6) is -0.611. The predicted octanol–water partition coefficient (Wildman–Crippen LogP) is 3.73. The van der Waals surface area contributed by atoms with Crippen molar-refractivity contribution in [3.8, 4) is 6.07 Å². The maximum absolute atomic E-state index is 13.3. The van der Waals surface area contributed by atoms with Gasteiger partial charge < -0.3 is 5.32 Å². The van der Waals surface area contributed by atoms with Crippen LogP contribution in [0.4, 0.5) is 5.69 Å². The number of aryl methyl sites for hydroxylation is 2. The molecule has 5 nitrogen and oxygen atoms in total. The molecule has 1 atom stereocenters. The molecule has 6 heteroatoms. The van der Waals surface area contributed by atoms with E-state index in [1.54, 1.807) is 0 Å². The molecule has 0 saturated carbocycles. The fourth-order valence-corrected chi connectivity index (χ4v) is 4.47. The minimum absolute atomic E-state index is 0.0446. The van der Waals surface area contributed by atoms with Crippen LogP contribution in [0.2, 0.25) is 0 Å². The molecule has 1 unspecified atom stereocenters. The summed E-state index contributed by atoms with van der Waals surface area (Å²) in [6, 6.07) is 17.7. The van der Waals surface area contributed by atoms with Crippen LogP contribution in [0.1, 0.15) is 23.6 Å². The molecule has 1 fully saturated rings. The Labute approximate surface area is 175 Å². The van der Waals surface area contributed by atoms with Gasteiger partial charge in [0.1, 0.15) is 16.7 Å². The maximum Gasteiger partial charge on any atom is 0.264 e. The summed E-state index contributed by atoms with van der Waals surface area (Å²) in [5, 5.41) is 12.1. The van der Waals surface area contributed by atoms with Gasteiger partial charge in [0.05, 0.1) is 5.25 Å². The topological polar surface area (TPSA) is 73.2 Å². The molecule has 3 rings (SSSR count). The standard InChI is InChI=1S/C23H23N3O2S/c1-4-16-9-11-18(12-10-16)26-22(28)20(13-17-7-5-15(2)6-8-17)29-23(26)19(14-24)21(27)25-3/h5-12,20H,4,13H2,1-3H3,(H,25,27)/b23-19-. The average molecular weight is 406 g/mol. The van der Waals surface area contributed by atoms with Crippen molar-refractivity contribution < 1.29 is 9.59 Å². The molecule has 1 aliphatic rings. The van der Waals surface area contributed by atoms with Gasteiger partial charge in [0, 0.05) is 12.7 Å². The van der Waals surface area contributed by atoms with Crippen LogP contribution in [0.15, 0.2) is 59.1 Å². The Morgan fingerprint density at radius 2 is 1.76 bits per heavy atom. The van der Waals surface area contributed by atoms with Gasteiger partial charge in [-0.1, -0.05) is 60.6 Å². The van der Waals surface area contributed by atoms with Gasteiger partial charge in [-0.2, -0.15) is 5.26 Å². The predicted molar refractivity (Wildman–Crippen MR) is 116 cm³/mol. The summed E-state index contributed by atoms with van der Waals surface area (Å²) in [6.45, 7) is 4.08. The molecule has 0 spiro atoms. The fourth-order valence-electron chi connectivity index (χ4n) is 3.17. The van der Waals surface area contributed by atoms with Crippen molar-refractivity contribution in [2.45, 2.75) is 31.9 Å². The summed E-state index contributed by atoms with van der Waals surface area (Å²) in [5.41, 5.74) is 3.97. The molecule has 1 heterocycles. The zero-order valence-electron chi connectivity index (χ0n) is 16.7. The monoisotopic (exact) mass is 405 g/mol. The molecule has 0 aliphatic carbocycles. The number of rotatable bonds is 5. The molecule has 29 heavy (non-hydrogen) atoms. The Morgan fingerprint density at radius 3 is 2.31 bits per heavy atom. The number of hydrogen-bond acceptors (Lipinski definition) is 4. The van der Waals surface area contributed by atoms with Crippen LogP contribution in [0.5, 0.6) is 0 Å². The van der Waals surface area contributed by atoms with E-state index in [-0.39, 0.29) is 11.5 Å². The van der Waals surface area contributed by atoms with E-state index in [4.69, 9.17) is 0 Å². The number of amides is 2. The molecule has 1 aliphatic heterocycles. The van der Waals surface area contributed by atoms with Gasteiger partial charge >= 0.3 is 0 Å². The van der Waals surface area contributed by atoms with E-state index in [0.717, 1.165) is 23.1 Å². The van der Waals surface area contributed by atoms with Gasteiger partial charge in [-0.25, -0.2) is 0 Å². The first-order valence-electron chi connectivity index (χ1n) is 9.50. The second-order valence-electron chi connectivity index (χ2n) is 6.86. The van der Waals surface area contributed by atoms with Crippen molar-refractivity contribution in [3.63, 3.8) is 0 Å². The minimum Gasteiger partial charge on any atom is -0.354 e. The number of benzene rings is 2. The lowest BCUT2D eigenvalue weighted by molar-refractivity contribution is -0.117. The smallest absolute Gasteiger partial charge is 0.264 e. The van der Waals surface area contributed by atoms with Crippen LogP contribution in [0.25, 0.3) is 0 Å². The SMILES string of the molecule is CCc1ccc(N2C(=O)C(Cc3ccc(C)cc3)S/C2=C(/C#N)C(=O)NC)cc1. The summed E-state index contributed by atoms with van der Waals surface area (Å²) in [4.78, 5) is 27.1. The Morgan fingerprint density at radius 1 is 1.14 bits per heavy atom. The van der Waals surface area contributed by atoms with E-state index in [2.05, 4.69) is 12.2 Å². The highest BCUT2D eigenvalue weighted by Gasteiger charge is 2.40. The summed E-state index contributed by atoms with van der Waals surface area (Å²) < 4.78 is 0. The Hall–Kier alpha value is -3.04. The lowest BCUT2D eigenvalue weighted by Gasteiger charge is -2.19. The van der Waals surface area contributed by atoms with Crippen LogP contribution >= 0.6 is 11.8 Å². The van der Waals surface area contributed by atoms with Crippen LogP contribution in [0.3, 0.4) is 0 Å². The van der Waals surface area contributed by atoms with E-state index >= 15 is 0 Å². The molecule has 0 aromatic heterocycles. The van der Waals surface area contributed by atoms with Crippen molar-refractivity contribution in [2.75, 3.05) is 11.9 Å². The number of anilines is 1. The highest BCUT2D eigenvalue weighted by molar-refractivity contribution is 8.05. The highest BCUT2D eigenvalue weighted by Crippen LogP contribution is 2.42. The average Bonchev–Trinajstić information content (AvgIpc) is 3.05. The number of nitrogens with zero attached hydrogens (tertiary/aromatic N) is 2. The zero-order valence-corrected chi connectivity index (χ0v) is 17.5. The molecule has 2 amide bonds. The fraction of sp³-hybridized carbons (Fsp3) is 0.261. The lowest BCUT2D eigenvalue weighted by atomic mass is 10.1. The molecule has 2 aromatic rings. The van der Waals surface area contributed by atoms with E-state index in [1.807, 2.05) is 61.5 Å². The first-order chi connectivity index (χ1) is 14.0. The third-order valence-electron chi connectivity index (χ3n) is 4.88. The number of hydrogen-bond donors (Lipinski definition) is 1. The largest absolute Gasteiger partial charge is 0.354 e. The van der Waals surface area contributed by atoms with E-state index < -0.39 is 11.2 Å². The number of nitrogens with one attached hydrogen (secondary N) is 1. The van der Waals surface area contributed by atoms with E-state index in [0.29, 0.717) is 17.1 Å². The second kappa shape index (κ2) is 8.97. The van der Waals surface area contributed by atoms with Crippen LogP contribution in [-0.2, 0) is 22.4 Å². The summed E-state index contributed by atoms with van der Waals surface area (Å²) >= 11 is 1.28. The molecular weight excluding hydrogens is 382 g/mol. The lowest BCUT2D eigenvalue weighted by Crippen LogP contribution is -2.31. The maximum atomic E-state index is 13.3. The molecule has 0 radical (unpaired) electrons. The summed E-state index contributed by atoms with van der Waals surface area (Å²) in [6.07, 6.45) is 1.42. The Kier molecular flexibility index (Phi) is 6.40. The van der Waals surface area contributed by atoms with Crippen molar-refractivity contribution in [3.05, 3.63) is 75.8 Å². The highest BCUT2D eigenvalue weighted by atomic mass is 32.2. The third-order valence-corrected chi connectivity index (χ3v) is 6.14. The molecule has 0 bridgehead atoms. The van der Waals surface area contributed by atoms with Crippen LogP contribution in [0, 0.1) is 18.3 Å². The van der Waals surface area contributed by atoms with Gasteiger partial charge in [0.2, 0.25) is 5.91 Å². The normalized spacial score (nSPS) is 17.8. The van der Waals surface area contributed by atoms with Gasteiger partial charge in [-0.3, -0.25) is 14.5 Å².